The number of carbonyl (C=O) groups excluding carboxylic acids is 1. The maximum Gasteiger partial charge on any atom is 0.233 e. The molecule has 0 aliphatic carbocycles. The molecule has 0 spiro atoms. The number of ether oxygens (including phenoxy) is 1. The smallest absolute Gasteiger partial charge is 0.233 e. The molecule has 1 heterocycles. The van der Waals surface area contributed by atoms with Crippen molar-refractivity contribution >= 4 is 12.1 Å². The molecule has 22 heavy (non-hydrogen) atoms. The molecule has 0 aromatic carbocycles. The van der Waals surface area contributed by atoms with Crippen molar-refractivity contribution in [2.45, 2.75) is 65.7 Å². The first-order valence-corrected chi connectivity index (χ1v) is 8.96. The Hall–Kier alpha value is -0.900. The summed E-state index contributed by atoms with van der Waals surface area (Å²) >= 11 is 0. The molecule has 0 aromatic rings. The Morgan fingerprint density at radius 1 is 1.14 bits per heavy atom. The van der Waals surface area contributed by atoms with Gasteiger partial charge in [0.25, 0.3) is 0 Å². The normalized spacial score (nSPS) is 17.8. The first-order valence-electron chi connectivity index (χ1n) is 8.96. The van der Waals surface area contributed by atoms with E-state index in [0.717, 1.165) is 39.1 Å². The monoisotopic (exact) mass is 310 g/mol. The topological polar surface area (TPSA) is 41.9 Å². The van der Waals surface area contributed by atoms with Crippen molar-refractivity contribution in [2.24, 2.45) is 10.4 Å². The van der Waals surface area contributed by atoms with Crippen LogP contribution in [-0.4, -0.2) is 49.9 Å². The van der Waals surface area contributed by atoms with Gasteiger partial charge in [-0.15, -0.1) is 0 Å². The van der Waals surface area contributed by atoms with Crippen LogP contribution in [0.25, 0.3) is 0 Å². The molecule has 0 saturated carbocycles. The summed E-state index contributed by atoms with van der Waals surface area (Å²) in [5.41, 5.74) is -0.462. The van der Waals surface area contributed by atoms with Gasteiger partial charge >= 0.3 is 0 Å². The lowest BCUT2D eigenvalue weighted by molar-refractivity contribution is -0.136. The first-order chi connectivity index (χ1) is 10.6. The van der Waals surface area contributed by atoms with Crippen LogP contribution in [0, 0.1) is 5.41 Å². The maximum atomic E-state index is 12.4. The van der Waals surface area contributed by atoms with Crippen LogP contribution in [0.1, 0.15) is 65.7 Å². The van der Waals surface area contributed by atoms with Gasteiger partial charge in [-0.1, -0.05) is 39.0 Å². The van der Waals surface area contributed by atoms with E-state index in [2.05, 4.69) is 11.9 Å². The van der Waals surface area contributed by atoms with Crippen molar-refractivity contribution in [1.82, 2.24) is 4.90 Å². The van der Waals surface area contributed by atoms with Crippen LogP contribution in [0.4, 0.5) is 0 Å². The van der Waals surface area contributed by atoms with Gasteiger partial charge in [-0.25, -0.2) is 0 Å². The number of rotatable bonds is 11. The quantitative estimate of drug-likeness (QED) is 0.546. The predicted molar refractivity (Wildman–Crippen MR) is 92.5 cm³/mol. The summed E-state index contributed by atoms with van der Waals surface area (Å²) in [7, 11) is 0. The van der Waals surface area contributed by atoms with Crippen molar-refractivity contribution < 1.29 is 9.53 Å². The van der Waals surface area contributed by atoms with Crippen LogP contribution in [0.2, 0.25) is 0 Å². The molecule has 0 atom stereocenters. The van der Waals surface area contributed by atoms with E-state index < -0.39 is 5.41 Å². The average molecular weight is 310 g/mol. The largest absolute Gasteiger partial charge is 0.381 e. The molecule has 0 aromatic heterocycles. The second-order valence-electron chi connectivity index (χ2n) is 6.78. The third kappa shape index (κ3) is 7.39. The third-order valence-corrected chi connectivity index (χ3v) is 4.11. The summed E-state index contributed by atoms with van der Waals surface area (Å²) in [6, 6.07) is 0. The number of hydrogen-bond donors (Lipinski definition) is 0. The Bertz CT molecular complexity index is 340. The standard InChI is InChI=1S/C18H34N2O2/c1-4-5-6-7-8-9-14-22-15-10-12-20-13-11-19-16-18(2,3)17(20)21/h16H,4-15H2,1-3H3. The Kier molecular flexibility index (Phi) is 9.37. The number of unbranched alkanes of at least 4 members (excludes halogenated alkanes) is 5. The molecule has 0 saturated heterocycles. The highest BCUT2D eigenvalue weighted by Crippen LogP contribution is 2.18. The minimum Gasteiger partial charge on any atom is -0.381 e. The molecular weight excluding hydrogens is 276 g/mol. The summed E-state index contributed by atoms with van der Waals surface area (Å²) in [6.07, 6.45) is 10.5. The molecule has 1 rings (SSSR count). The second kappa shape index (κ2) is 10.8. The fraction of sp³-hybridized carbons (Fsp3) is 0.889. The molecule has 0 fully saturated rings. The molecule has 1 amide bonds. The molecule has 0 radical (unpaired) electrons. The highest BCUT2D eigenvalue weighted by molar-refractivity contribution is 5.97. The fourth-order valence-electron chi connectivity index (χ4n) is 2.69. The van der Waals surface area contributed by atoms with E-state index in [9.17, 15) is 4.79 Å². The lowest BCUT2D eigenvalue weighted by atomic mass is 9.93. The lowest BCUT2D eigenvalue weighted by Gasteiger charge is -2.27. The van der Waals surface area contributed by atoms with Crippen molar-refractivity contribution in [3.05, 3.63) is 0 Å². The van der Waals surface area contributed by atoms with Crippen molar-refractivity contribution in [2.75, 3.05) is 32.8 Å². The summed E-state index contributed by atoms with van der Waals surface area (Å²) in [6.45, 7) is 9.95. The zero-order chi connectivity index (χ0) is 16.3. The number of nitrogens with zero attached hydrogens (tertiary/aromatic N) is 2. The molecular formula is C18H34N2O2. The minimum absolute atomic E-state index is 0.185. The zero-order valence-corrected chi connectivity index (χ0v) is 14.8. The summed E-state index contributed by atoms with van der Waals surface area (Å²) in [5.74, 6) is 0.185. The molecule has 0 unspecified atom stereocenters. The van der Waals surface area contributed by atoms with Gasteiger partial charge in [-0.3, -0.25) is 9.79 Å². The van der Waals surface area contributed by atoms with Crippen molar-refractivity contribution in [1.29, 1.82) is 0 Å². The Morgan fingerprint density at radius 3 is 2.59 bits per heavy atom. The molecule has 4 nitrogen and oxygen atoms in total. The van der Waals surface area contributed by atoms with Crippen LogP contribution >= 0.6 is 0 Å². The summed E-state index contributed by atoms with van der Waals surface area (Å²) in [4.78, 5) is 18.6. The van der Waals surface area contributed by atoms with Gasteiger partial charge in [-0.2, -0.15) is 0 Å². The van der Waals surface area contributed by atoms with Gasteiger partial charge in [0.05, 0.1) is 12.0 Å². The van der Waals surface area contributed by atoms with Crippen LogP contribution in [0.5, 0.6) is 0 Å². The third-order valence-electron chi connectivity index (χ3n) is 4.11. The number of aliphatic imine (C=N–C) groups is 1. The van der Waals surface area contributed by atoms with Gasteiger partial charge in [0, 0.05) is 32.5 Å². The maximum absolute atomic E-state index is 12.4. The van der Waals surface area contributed by atoms with Crippen LogP contribution in [0.15, 0.2) is 4.99 Å². The first kappa shape index (κ1) is 19.1. The number of amides is 1. The van der Waals surface area contributed by atoms with E-state index in [1.807, 2.05) is 18.7 Å². The van der Waals surface area contributed by atoms with E-state index in [1.165, 1.54) is 32.1 Å². The fourth-order valence-corrected chi connectivity index (χ4v) is 2.69. The van der Waals surface area contributed by atoms with E-state index in [4.69, 9.17) is 4.74 Å². The van der Waals surface area contributed by atoms with Crippen LogP contribution < -0.4 is 0 Å². The van der Waals surface area contributed by atoms with E-state index in [1.54, 1.807) is 6.21 Å². The van der Waals surface area contributed by atoms with Crippen LogP contribution in [-0.2, 0) is 9.53 Å². The summed E-state index contributed by atoms with van der Waals surface area (Å²) in [5, 5.41) is 0. The Morgan fingerprint density at radius 2 is 1.82 bits per heavy atom. The van der Waals surface area contributed by atoms with Gasteiger partial charge in [0.15, 0.2) is 0 Å². The van der Waals surface area contributed by atoms with Crippen molar-refractivity contribution in [3.63, 3.8) is 0 Å². The van der Waals surface area contributed by atoms with Crippen LogP contribution in [0.3, 0.4) is 0 Å². The average Bonchev–Trinajstić information content (AvgIpc) is 2.62. The molecule has 128 valence electrons. The van der Waals surface area contributed by atoms with E-state index in [-0.39, 0.29) is 5.91 Å². The second-order valence-corrected chi connectivity index (χ2v) is 6.78. The molecule has 1 aliphatic rings. The van der Waals surface area contributed by atoms with Gasteiger partial charge in [-0.05, 0) is 26.7 Å². The van der Waals surface area contributed by atoms with E-state index >= 15 is 0 Å². The highest BCUT2D eigenvalue weighted by atomic mass is 16.5. The molecule has 1 aliphatic heterocycles. The van der Waals surface area contributed by atoms with Gasteiger partial charge in [0.1, 0.15) is 0 Å². The zero-order valence-electron chi connectivity index (χ0n) is 14.8. The van der Waals surface area contributed by atoms with E-state index in [0.29, 0.717) is 6.54 Å². The van der Waals surface area contributed by atoms with Gasteiger partial charge in [0.2, 0.25) is 5.91 Å². The molecule has 0 N–H and O–H groups in total. The van der Waals surface area contributed by atoms with Crippen molar-refractivity contribution in [3.8, 4) is 0 Å². The minimum atomic E-state index is -0.462. The predicted octanol–water partition coefficient (Wildman–Crippen LogP) is 3.69. The highest BCUT2D eigenvalue weighted by Gasteiger charge is 2.31. The number of carbonyl (C=O) groups is 1. The lowest BCUT2D eigenvalue weighted by Crippen LogP contribution is -2.42. The SMILES string of the molecule is CCCCCCCCOCCCN1CCN=CC(C)(C)C1=O. The molecule has 4 heteroatoms. The Labute approximate surface area is 136 Å². The Balaban J connectivity index is 2.04. The van der Waals surface area contributed by atoms with Gasteiger partial charge < -0.3 is 9.64 Å². The molecule has 0 bridgehead atoms. The number of hydrogen-bond acceptors (Lipinski definition) is 3. The summed E-state index contributed by atoms with van der Waals surface area (Å²) < 4.78 is 5.68.